The normalized spacial score (nSPS) is 18.0. The maximum atomic E-state index is 13.1. The third kappa shape index (κ3) is 5.13. The van der Waals surface area contributed by atoms with Crippen LogP contribution in [0.15, 0.2) is 48.5 Å². The Hall–Kier alpha value is -3.07. The molecule has 176 valence electrons. The van der Waals surface area contributed by atoms with Gasteiger partial charge in [0.1, 0.15) is 0 Å². The number of amides is 1. The second-order valence-corrected chi connectivity index (χ2v) is 8.50. The Morgan fingerprint density at radius 2 is 1.70 bits per heavy atom. The lowest BCUT2D eigenvalue weighted by molar-refractivity contribution is -0.142. The van der Waals surface area contributed by atoms with E-state index in [1.165, 1.54) is 13.2 Å². The van der Waals surface area contributed by atoms with E-state index >= 15 is 0 Å². The van der Waals surface area contributed by atoms with E-state index in [1.54, 1.807) is 18.2 Å². The van der Waals surface area contributed by atoms with Crippen LogP contribution in [0.3, 0.4) is 0 Å². The molecule has 1 aliphatic heterocycles. The molecule has 2 aliphatic rings. The molecule has 0 atom stereocenters. The first kappa shape index (κ1) is 23.1. The van der Waals surface area contributed by atoms with Crippen molar-refractivity contribution in [3.05, 3.63) is 59.7 Å². The van der Waals surface area contributed by atoms with Gasteiger partial charge < -0.3 is 15.0 Å². The summed E-state index contributed by atoms with van der Waals surface area (Å²) < 4.78 is 44.0. The minimum absolute atomic E-state index is 0.248. The minimum Gasteiger partial charge on any atom is -0.468 e. The average Bonchev–Trinajstić information content (AvgIpc) is 3.62. The van der Waals surface area contributed by atoms with Crippen LogP contribution in [-0.4, -0.2) is 56.6 Å². The lowest BCUT2D eigenvalue weighted by Gasteiger charge is -2.35. The topological polar surface area (TPSA) is 61.9 Å². The Labute approximate surface area is 190 Å². The van der Waals surface area contributed by atoms with Crippen molar-refractivity contribution in [2.24, 2.45) is 0 Å². The SMILES string of the molecule is COC(=O)CN1CCN(c2ccc(NC(=O)C3(c4cccc(C(F)(F)F)c4)CC3)cc2)CC1. The maximum absolute atomic E-state index is 13.1. The molecule has 0 aromatic heterocycles. The summed E-state index contributed by atoms with van der Waals surface area (Å²) in [4.78, 5) is 28.6. The molecule has 1 saturated carbocycles. The number of benzene rings is 2. The molecule has 4 rings (SSSR count). The molecular formula is C24H26F3N3O3. The van der Waals surface area contributed by atoms with Gasteiger partial charge >= 0.3 is 12.1 Å². The number of rotatable bonds is 6. The molecule has 2 fully saturated rings. The van der Waals surface area contributed by atoms with Crippen molar-refractivity contribution in [3.63, 3.8) is 0 Å². The third-order valence-corrected chi connectivity index (χ3v) is 6.37. The fourth-order valence-electron chi connectivity index (χ4n) is 4.18. The molecule has 1 N–H and O–H groups in total. The van der Waals surface area contributed by atoms with Crippen molar-refractivity contribution in [3.8, 4) is 0 Å². The molecule has 1 saturated heterocycles. The van der Waals surface area contributed by atoms with Gasteiger partial charge in [0.25, 0.3) is 0 Å². The number of nitrogens with one attached hydrogen (secondary N) is 1. The van der Waals surface area contributed by atoms with E-state index in [4.69, 9.17) is 4.74 Å². The highest BCUT2D eigenvalue weighted by Gasteiger charge is 2.51. The molecule has 0 spiro atoms. The number of piperazine rings is 1. The molecular weight excluding hydrogens is 435 g/mol. The van der Waals surface area contributed by atoms with Gasteiger partial charge in [-0.05, 0) is 48.7 Å². The zero-order valence-corrected chi connectivity index (χ0v) is 18.3. The van der Waals surface area contributed by atoms with Gasteiger partial charge in [-0.25, -0.2) is 0 Å². The Kier molecular flexibility index (Phi) is 6.34. The van der Waals surface area contributed by atoms with Crippen LogP contribution >= 0.6 is 0 Å². The number of alkyl halides is 3. The van der Waals surface area contributed by atoms with Crippen molar-refractivity contribution in [1.82, 2.24) is 4.90 Å². The van der Waals surface area contributed by atoms with Crippen LogP contribution in [-0.2, 0) is 25.9 Å². The lowest BCUT2D eigenvalue weighted by Crippen LogP contribution is -2.48. The Morgan fingerprint density at radius 1 is 1.03 bits per heavy atom. The monoisotopic (exact) mass is 461 g/mol. The van der Waals surface area contributed by atoms with Gasteiger partial charge in [0.2, 0.25) is 5.91 Å². The van der Waals surface area contributed by atoms with E-state index in [-0.39, 0.29) is 18.4 Å². The number of ether oxygens (including phenoxy) is 1. The Bertz CT molecular complexity index is 1010. The fourth-order valence-corrected chi connectivity index (χ4v) is 4.18. The summed E-state index contributed by atoms with van der Waals surface area (Å²) in [5.41, 5.74) is 0.359. The van der Waals surface area contributed by atoms with Gasteiger partial charge in [0.15, 0.2) is 0 Å². The van der Waals surface area contributed by atoms with Gasteiger partial charge in [-0.2, -0.15) is 13.2 Å². The predicted molar refractivity (Wildman–Crippen MR) is 118 cm³/mol. The van der Waals surface area contributed by atoms with Crippen LogP contribution in [0.1, 0.15) is 24.0 Å². The van der Waals surface area contributed by atoms with Crippen molar-refractivity contribution >= 4 is 23.3 Å². The van der Waals surface area contributed by atoms with Crippen LogP contribution in [0.2, 0.25) is 0 Å². The maximum Gasteiger partial charge on any atom is 0.416 e. The molecule has 1 heterocycles. The summed E-state index contributed by atoms with van der Waals surface area (Å²) in [5.74, 6) is -0.534. The minimum atomic E-state index is -4.44. The molecule has 9 heteroatoms. The first-order chi connectivity index (χ1) is 15.7. The predicted octanol–water partition coefficient (Wildman–Crippen LogP) is 3.67. The van der Waals surface area contributed by atoms with E-state index < -0.39 is 17.2 Å². The summed E-state index contributed by atoms with van der Waals surface area (Å²) in [6.45, 7) is 3.30. The van der Waals surface area contributed by atoms with Crippen molar-refractivity contribution in [1.29, 1.82) is 0 Å². The number of esters is 1. The van der Waals surface area contributed by atoms with Gasteiger partial charge in [-0.1, -0.05) is 18.2 Å². The Balaban J connectivity index is 1.37. The molecule has 0 unspecified atom stereocenters. The van der Waals surface area contributed by atoms with Crippen molar-refractivity contribution in [2.45, 2.75) is 24.4 Å². The van der Waals surface area contributed by atoms with E-state index in [9.17, 15) is 22.8 Å². The smallest absolute Gasteiger partial charge is 0.416 e. The zero-order chi connectivity index (χ0) is 23.6. The second kappa shape index (κ2) is 9.05. The molecule has 1 aliphatic carbocycles. The Morgan fingerprint density at radius 3 is 2.27 bits per heavy atom. The van der Waals surface area contributed by atoms with Crippen molar-refractivity contribution < 1.29 is 27.5 Å². The summed E-state index contributed by atoms with van der Waals surface area (Å²) in [7, 11) is 1.38. The number of hydrogen-bond donors (Lipinski definition) is 1. The number of carbonyl (C=O) groups is 2. The number of carbonyl (C=O) groups excluding carboxylic acids is 2. The standard InChI is InChI=1S/C24H26F3N3O3/c1-33-21(31)16-29-11-13-30(14-12-29)20-7-5-19(6-8-20)28-22(32)23(9-10-23)17-3-2-4-18(15-17)24(25,26)27/h2-8,15H,9-14,16H2,1H3,(H,28,32). The van der Waals surface area contributed by atoms with Crippen LogP contribution in [0.25, 0.3) is 0 Å². The first-order valence-corrected chi connectivity index (χ1v) is 10.8. The van der Waals surface area contributed by atoms with Crippen LogP contribution in [0, 0.1) is 0 Å². The third-order valence-electron chi connectivity index (χ3n) is 6.37. The molecule has 1 amide bonds. The van der Waals surface area contributed by atoms with E-state index in [1.807, 2.05) is 17.0 Å². The van der Waals surface area contributed by atoms with Crippen LogP contribution in [0.4, 0.5) is 24.5 Å². The number of halogens is 3. The number of methoxy groups -OCH3 is 1. The van der Waals surface area contributed by atoms with Crippen LogP contribution < -0.4 is 10.2 Å². The average molecular weight is 461 g/mol. The molecule has 6 nitrogen and oxygen atoms in total. The number of nitrogens with zero attached hydrogens (tertiary/aromatic N) is 2. The van der Waals surface area contributed by atoms with E-state index in [2.05, 4.69) is 10.2 Å². The molecule has 0 radical (unpaired) electrons. The molecule has 2 aromatic rings. The lowest BCUT2D eigenvalue weighted by atomic mass is 9.93. The van der Waals surface area contributed by atoms with Gasteiger partial charge in [0, 0.05) is 37.6 Å². The van der Waals surface area contributed by atoms with Crippen LogP contribution in [0.5, 0.6) is 0 Å². The van der Waals surface area contributed by atoms with Gasteiger partial charge in [-0.15, -0.1) is 0 Å². The summed E-state index contributed by atoms with van der Waals surface area (Å²) >= 11 is 0. The summed E-state index contributed by atoms with van der Waals surface area (Å²) in [6, 6.07) is 12.5. The summed E-state index contributed by atoms with van der Waals surface area (Å²) in [5, 5.41) is 2.87. The zero-order valence-electron chi connectivity index (χ0n) is 18.3. The number of hydrogen-bond acceptors (Lipinski definition) is 5. The highest BCUT2D eigenvalue weighted by Crippen LogP contribution is 2.50. The highest BCUT2D eigenvalue weighted by molar-refractivity contribution is 6.01. The highest BCUT2D eigenvalue weighted by atomic mass is 19.4. The molecule has 33 heavy (non-hydrogen) atoms. The van der Waals surface area contributed by atoms with Crippen molar-refractivity contribution in [2.75, 3.05) is 50.1 Å². The molecule has 2 aromatic carbocycles. The number of anilines is 2. The van der Waals surface area contributed by atoms with Gasteiger partial charge in [-0.3, -0.25) is 14.5 Å². The summed E-state index contributed by atoms with van der Waals surface area (Å²) in [6.07, 6.45) is -3.40. The quantitative estimate of drug-likeness (QED) is 0.666. The van der Waals surface area contributed by atoms with E-state index in [0.717, 1.165) is 44.0 Å². The second-order valence-electron chi connectivity index (χ2n) is 8.50. The molecule has 0 bridgehead atoms. The largest absolute Gasteiger partial charge is 0.468 e. The van der Waals surface area contributed by atoms with Gasteiger partial charge in [0.05, 0.1) is 24.6 Å². The fraction of sp³-hybridized carbons (Fsp3) is 0.417. The van der Waals surface area contributed by atoms with E-state index in [0.29, 0.717) is 24.1 Å². The first-order valence-electron chi connectivity index (χ1n) is 10.8.